The number of allylic oxidation sites excluding steroid dienone is 1. The van der Waals surface area contributed by atoms with E-state index in [0.717, 1.165) is 22.7 Å². The lowest BCUT2D eigenvalue weighted by molar-refractivity contribution is -0.136. The fourth-order valence-electron chi connectivity index (χ4n) is 2.82. The van der Waals surface area contributed by atoms with Crippen molar-refractivity contribution in [1.82, 2.24) is 9.88 Å². The van der Waals surface area contributed by atoms with Gasteiger partial charge in [-0.15, -0.1) is 0 Å². The largest absolute Gasteiger partial charge is 0.481 e. The van der Waals surface area contributed by atoms with Crippen molar-refractivity contribution in [3.05, 3.63) is 96.7 Å². The molecular formula is C24H29N5O2. The van der Waals surface area contributed by atoms with Crippen LogP contribution in [0.2, 0.25) is 0 Å². The molecule has 162 valence electrons. The molecule has 0 unspecified atom stereocenters. The molecular weight excluding hydrogens is 390 g/mol. The molecule has 0 aliphatic carbocycles. The van der Waals surface area contributed by atoms with Crippen molar-refractivity contribution in [2.45, 2.75) is 19.9 Å². The number of aliphatic imine (C=N–C) groups is 1. The average Bonchev–Trinajstić information content (AvgIpc) is 2.76. The van der Waals surface area contributed by atoms with Crippen molar-refractivity contribution in [2.24, 2.45) is 10.7 Å². The highest BCUT2D eigenvalue weighted by atomic mass is 16.4. The fourth-order valence-corrected chi connectivity index (χ4v) is 2.82. The number of nitrogens with two attached hydrogens (primary N) is 1. The first-order chi connectivity index (χ1) is 15.0. The number of nitrogens with one attached hydrogen (secondary N) is 1. The zero-order valence-electron chi connectivity index (χ0n) is 17.7. The van der Waals surface area contributed by atoms with Crippen LogP contribution < -0.4 is 11.1 Å². The van der Waals surface area contributed by atoms with Crippen LogP contribution in [0.15, 0.2) is 90.5 Å². The van der Waals surface area contributed by atoms with Gasteiger partial charge >= 0.3 is 5.97 Å². The maximum Gasteiger partial charge on any atom is 0.307 e. The van der Waals surface area contributed by atoms with Crippen LogP contribution in [0.3, 0.4) is 0 Å². The molecule has 0 aliphatic heterocycles. The van der Waals surface area contributed by atoms with Crippen molar-refractivity contribution in [3.8, 4) is 0 Å². The summed E-state index contributed by atoms with van der Waals surface area (Å²) in [6, 6.07) is 13.0. The van der Waals surface area contributed by atoms with Crippen LogP contribution in [0.25, 0.3) is 0 Å². The van der Waals surface area contributed by atoms with Crippen molar-refractivity contribution in [3.63, 3.8) is 0 Å². The maximum absolute atomic E-state index is 10.8. The number of carboxylic acids is 1. The summed E-state index contributed by atoms with van der Waals surface area (Å²) in [6.07, 6.45) is 8.86. The lowest BCUT2D eigenvalue weighted by Gasteiger charge is -2.22. The van der Waals surface area contributed by atoms with Crippen molar-refractivity contribution in [2.75, 3.05) is 18.4 Å². The molecule has 0 atom stereocenters. The van der Waals surface area contributed by atoms with Crippen LogP contribution in [0.1, 0.15) is 18.2 Å². The zero-order chi connectivity index (χ0) is 22.5. The predicted molar refractivity (Wildman–Crippen MR) is 126 cm³/mol. The molecule has 1 heterocycles. The molecule has 2 rings (SSSR count). The Morgan fingerprint density at radius 3 is 2.65 bits per heavy atom. The van der Waals surface area contributed by atoms with Crippen LogP contribution in [-0.2, 0) is 17.8 Å². The van der Waals surface area contributed by atoms with E-state index >= 15 is 0 Å². The number of anilines is 1. The summed E-state index contributed by atoms with van der Waals surface area (Å²) in [5.41, 5.74) is 10.3. The third-order valence-corrected chi connectivity index (χ3v) is 4.26. The van der Waals surface area contributed by atoms with Crippen molar-refractivity contribution in [1.29, 1.82) is 0 Å². The minimum atomic E-state index is -0.852. The van der Waals surface area contributed by atoms with Crippen LogP contribution >= 0.6 is 0 Å². The molecule has 0 saturated carbocycles. The van der Waals surface area contributed by atoms with Gasteiger partial charge in [-0.1, -0.05) is 30.9 Å². The van der Waals surface area contributed by atoms with Crippen LogP contribution in [0, 0.1) is 0 Å². The molecule has 0 amide bonds. The molecule has 0 fully saturated rings. The number of carbonyl (C=O) groups is 1. The molecule has 1 aromatic carbocycles. The second-order valence-electron chi connectivity index (χ2n) is 6.90. The van der Waals surface area contributed by atoms with Gasteiger partial charge in [-0.05, 0) is 42.8 Å². The Balaban J connectivity index is 2.06. The standard InChI is InChI=1S/C24H29N5O2/c1-3-12-26-21(4-2)17-29(18-23-7-5-6-13-27-23)16-20(25)15-28-22-10-8-19(9-11-22)14-24(30)31/h3-13,15,28H,2,14,16-18,25H2,1H3,(H,30,31)/b12-3-,20-15-,26-21+. The molecule has 0 bridgehead atoms. The zero-order valence-corrected chi connectivity index (χ0v) is 17.7. The Morgan fingerprint density at radius 2 is 2.03 bits per heavy atom. The average molecular weight is 420 g/mol. The van der Waals surface area contributed by atoms with Crippen LogP contribution in [0.4, 0.5) is 5.69 Å². The summed E-state index contributed by atoms with van der Waals surface area (Å²) < 4.78 is 0. The Labute approximate surface area is 183 Å². The Bertz CT molecular complexity index is 934. The molecule has 0 spiro atoms. The normalized spacial score (nSPS) is 12.3. The van der Waals surface area contributed by atoms with E-state index in [9.17, 15) is 4.79 Å². The van der Waals surface area contributed by atoms with Gasteiger partial charge in [0.1, 0.15) is 0 Å². The van der Waals surface area contributed by atoms with E-state index in [2.05, 4.69) is 26.8 Å². The highest BCUT2D eigenvalue weighted by molar-refractivity contribution is 5.96. The minimum Gasteiger partial charge on any atom is -0.481 e. The molecule has 0 radical (unpaired) electrons. The van der Waals surface area contributed by atoms with Gasteiger partial charge in [-0.25, -0.2) is 0 Å². The van der Waals surface area contributed by atoms with Gasteiger partial charge in [-0.2, -0.15) is 0 Å². The third kappa shape index (κ3) is 9.10. The van der Waals surface area contributed by atoms with Gasteiger partial charge in [0, 0.05) is 49.6 Å². The van der Waals surface area contributed by atoms with Gasteiger partial charge in [-0.3, -0.25) is 19.7 Å². The van der Waals surface area contributed by atoms with Crippen molar-refractivity contribution >= 4 is 17.4 Å². The Hall–Kier alpha value is -3.71. The summed E-state index contributed by atoms with van der Waals surface area (Å²) in [5.74, 6) is -0.852. The monoisotopic (exact) mass is 419 g/mol. The van der Waals surface area contributed by atoms with Crippen LogP contribution in [-0.4, -0.2) is 39.8 Å². The van der Waals surface area contributed by atoms with E-state index in [1.54, 1.807) is 36.8 Å². The minimum absolute atomic E-state index is 0.00114. The number of aliphatic carboxylic acids is 1. The number of rotatable bonds is 12. The second kappa shape index (κ2) is 12.8. The molecule has 0 aliphatic rings. The first kappa shape index (κ1) is 23.6. The van der Waals surface area contributed by atoms with E-state index < -0.39 is 5.97 Å². The number of aromatic nitrogens is 1. The number of nitrogens with zero attached hydrogens (tertiary/aromatic N) is 3. The highest BCUT2D eigenvalue weighted by Gasteiger charge is 2.10. The highest BCUT2D eigenvalue weighted by Crippen LogP contribution is 2.11. The summed E-state index contributed by atoms with van der Waals surface area (Å²) in [6.45, 7) is 7.45. The third-order valence-electron chi connectivity index (χ3n) is 4.26. The second-order valence-corrected chi connectivity index (χ2v) is 6.90. The summed E-state index contributed by atoms with van der Waals surface area (Å²) in [5, 5.41) is 12.0. The maximum atomic E-state index is 10.8. The number of carboxylic acid groups (broad SMARTS) is 1. The van der Waals surface area contributed by atoms with E-state index in [1.807, 2.05) is 43.3 Å². The molecule has 2 aromatic rings. The lowest BCUT2D eigenvalue weighted by atomic mass is 10.1. The Kier molecular flexibility index (Phi) is 9.71. The van der Waals surface area contributed by atoms with Gasteiger partial charge in [0.15, 0.2) is 0 Å². The van der Waals surface area contributed by atoms with E-state index in [-0.39, 0.29) is 6.42 Å². The number of hydrogen-bond donors (Lipinski definition) is 3. The van der Waals surface area contributed by atoms with Crippen LogP contribution in [0.5, 0.6) is 0 Å². The molecule has 1 aromatic heterocycles. The van der Waals surface area contributed by atoms with Crippen molar-refractivity contribution < 1.29 is 9.90 Å². The molecule has 4 N–H and O–H groups in total. The predicted octanol–water partition coefficient (Wildman–Crippen LogP) is 3.58. The van der Waals surface area contributed by atoms with Gasteiger partial charge in [0.2, 0.25) is 0 Å². The lowest BCUT2D eigenvalue weighted by Crippen LogP contribution is -2.33. The Morgan fingerprint density at radius 1 is 1.26 bits per heavy atom. The topological polar surface area (TPSA) is 104 Å². The van der Waals surface area contributed by atoms with E-state index in [1.165, 1.54) is 0 Å². The summed E-state index contributed by atoms with van der Waals surface area (Å²) >= 11 is 0. The molecule has 0 saturated heterocycles. The molecule has 7 heteroatoms. The molecule has 31 heavy (non-hydrogen) atoms. The smallest absolute Gasteiger partial charge is 0.307 e. The van der Waals surface area contributed by atoms with Gasteiger partial charge in [0.05, 0.1) is 17.8 Å². The SMILES string of the molecule is C=C/C(CN(C/C(N)=C/Nc1ccc(CC(=O)O)cc1)Cc1ccccn1)=N\C=C/C. The quantitative estimate of drug-likeness (QED) is 0.454. The number of pyridine rings is 1. The number of hydrogen-bond acceptors (Lipinski definition) is 6. The van der Waals surface area contributed by atoms with Gasteiger partial charge in [0.25, 0.3) is 0 Å². The number of benzene rings is 1. The first-order valence-electron chi connectivity index (χ1n) is 9.94. The van der Waals surface area contributed by atoms with Gasteiger partial charge < -0.3 is 16.2 Å². The van der Waals surface area contributed by atoms with E-state index in [4.69, 9.17) is 10.8 Å². The fraction of sp³-hybridized carbons (Fsp3) is 0.208. The molecule has 7 nitrogen and oxygen atoms in total. The van der Waals surface area contributed by atoms with E-state index in [0.29, 0.717) is 25.3 Å². The summed E-state index contributed by atoms with van der Waals surface area (Å²) in [7, 11) is 0. The summed E-state index contributed by atoms with van der Waals surface area (Å²) in [4.78, 5) is 21.7. The first-order valence-corrected chi connectivity index (χ1v) is 9.94.